The van der Waals surface area contributed by atoms with Crippen LogP contribution in [0.3, 0.4) is 0 Å². The molecule has 2 nitrogen and oxygen atoms in total. The van der Waals surface area contributed by atoms with Crippen molar-refractivity contribution in [3.63, 3.8) is 0 Å². The first kappa shape index (κ1) is 18.2. The SMILES string of the molecule is CCOC(=O)/C(=C\c1ccc(-c2ccccc2)cc1)[Se]c1ccccc1. The van der Waals surface area contributed by atoms with Crippen molar-refractivity contribution in [1.29, 1.82) is 0 Å². The molecule has 0 radical (unpaired) electrons. The number of rotatable bonds is 6. The van der Waals surface area contributed by atoms with Gasteiger partial charge in [0, 0.05) is 0 Å². The van der Waals surface area contributed by atoms with E-state index in [0.717, 1.165) is 20.1 Å². The van der Waals surface area contributed by atoms with Crippen LogP contribution in [0, 0.1) is 0 Å². The molecule has 3 rings (SSSR count). The predicted molar refractivity (Wildman–Crippen MR) is 108 cm³/mol. The second-order valence-corrected chi connectivity index (χ2v) is 7.97. The molecule has 130 valence electrons. The third-order valence-corrected chi connectivity index (χ3v) is 5.89. The summed E-state index contributed by atoms with van der Waals surface area (Å²) in [6.45, 7) is 2.22. The molecule has 3 heteroatoms. The Bertz CT molecular complexity index is 869. The Morgan fingerprint density at radius 2 is 1.42 bits per heavy atom. The van der Waals surface area contributed by atoms with Gasteiger partial charge in [-0.1, -0.05) is 0 Å². The molecule has 0 unspecified atom stereocenters. The monoisotopic (exact) mass is 408 g/mol. The van der Waals surface area contributed by atoms with Crippen molar-refractivity contribution < 1.29 is 9.53 Å². The summed E-state index contributed by atoms with van der Waals surface area (Å²) in [4.78, 5) is 12.4. The second kappa shape index (κ2) is 9.19. The molecule has 0 N–H and O–H groups in total. The Morgan fingerprint density at radius 1 is 0.846 bits per heavy atom. The molecule has 0 saturated carbocycles. The number of hydrogen-bond donors (Lipinski definition) is 0. The molecule has 0 amide bonds. The summed E-state index contributed by atoms with van der Waals surface area (Å²) >= 11 is -0.0917. The second-order valence-electron chi connectivity index (χ2n) is 5.63. The summed E-state index contributed by atoms with van der Waals surface area (Å²) in [5.74, 6) is -0.233. The summed E-state index contributed by atoms with van der Waals surface area (Å²) in [6, 6.07) is 28.6. The predicted octanol–water partition coefficient (Wildman–Crippen LogP) is 4.29. The number of carbonyl (C=O) groups is 1. The van der Waals surface area contributed by atoms with Gasteiger partial charge in [-0.05, 0) is 0 Å². The fourth-order valence-electron chi connectivity index (χ4n) is 2.50. The Morgan fingerprint density at radius 3 is 2.04 bits per heavy atom. The van der Waals surface area contributed by atoms with Gasteiger partial charge in [-0.2, -0.15) is 0 Å². The van der Waals surface area contributed by atoms with Crippen molar-refractivity contribution in [2.45, 2.75) is 6.92 Å². The van der Waals surface area contributed by atoms with Gasteiger partial charge in [0.05, 0.1) is 0 Å². The summed E-state index contributed by atoms with van der Waals surface area (Å²) in [7, 11) is 0. The molecule has 0 spiro atoms. The van der Waals surface area contributed by atoms with E-state index in [1.807, 2.05) is 73.7 Å². The number of benzene rings is 3. The fourth-order valence-corrected chi connectivity index (χ4v) is 4.36. The number of esters is 1. The van der Waals surface area contributed by atoms with Gasteiger partial charge in [-0.25, -0.2) is 0 Å². The van der Waals surface area contributed by atoms with Crippen molar-refractivity contribution >= 4 is 31.5 Å². The molecule has 0 aliphatic heterocycles. The van der Waals surface area contributed by atoms with Crippen molar-refractivity contribution in [2.75, 3.05) is 6.61 Å². The standard InChI is InChI=1S/C23H20O2Se/c1-2-25-23(24)22(26-21-11-7-4-8-12-21)17-18-13-15-20(16-14-18)19-9-5-3-6-10-19/h3-17H,2H2,1H3/b22-17+. The number of ether oxygens (including phenoxy) is 1. The van der Waals surface area contributed by atoms with Crippen LogP contribution >= 0.6 is 0 Å². The van der Waals surface area contributed by atoms with Gasteiger partial charge in [0.2, 0.25) is 0 Å². The summed E-state index contributed by atoms with van der Waals surface area (Å²) in [5, 5.41) is 0. The van der Waals surface area contributed by atoms with E-state index < -0.39 is 0 Å². The number of carbonyl (C=O) groups excluding carboxylic acids is 1. The summed E-state index contributed by atoms with van der Waals surface area (Å²) in [6.07, 6.45) is 1.94. The molecule has 0 atom stereocenters. The minimum atomic E-state index is -0.233. The van der Waals surface area contributed by atoms with E-state index in [1.165, 1.54) is 5.56 Å². The van der Waals surface area contributed by atoms with E-state index in [9.17, 15) is 4.79 Å². The van der Waals surface area contributed by atoms with Gasteiger partial charge >= 0.3 is 161 Å². The molecule has 0 bridgehead atoms. The molecule has 0 heterocycles. The third kappa shape index (κ3) is 4.95. The van der Waals surface area contributed by atoms with Crippen molar-refractivity contribution in [3.05, 3.63) is 95.0 Å². The van der Waals surface area contributed by atoms with Crippen molar-refractivity contribution in [3.8, 4) is 11.1 Å². The van der Waals surface area contributed by atoms with Gasteiger partial charge in [-0.15, -0.1) is 0 Å². The zero-order valence-corrected chi connectivity index (χ0v) is 16.3. The van der Waals surface area contributed by atoms with E-state index in [0.29, 0.717) is 6.61 Å². The molecule has 0 fully saturated rings. The van der Waals surface area contributed by atoms with Crippen LogP contribution in [0.15, 0.2) is 89.4 Å². The molecular formula is C23H20O2Se. The Hall–Kier alpha value is -2.61. The molecule has 0 aliphatic carbocycles. The first-order valence-electron chi connectivity index (χ1n) is 8.53. The molecule has 3 aromatic carbocycles. The van der Waals surface area contributed by atoms with E-state index in [1.54, 1.807) is 0 Å². The van der Waals surface area contributed by atoms with Gasteiger partial charge in [-0.3, -0.25) is 0 Å². The van der Waals surface area contributed by atoms with E-state index in [4.69, 9.17) is 4.74 Å². The van der Waals surface area contributed by atoms with E-state index >= 15 is 0 Å². The van der Waals surface area contributed by atoms with Gasteiger partial charge in [0.15, 0.2) is 0 Å². The Kier molecular flexibility index (Phi) is 6.43. The van der Waals surface area contributed by atoms with Crippen molar-refractivity contribution in [1.82, 2.24) is 0 Å². The maximum absolute atomic E-state index is 12.4. The van der Waals surface area contributed by atoms with Crippen molar-refractivity contribution in [2.24, 2.45) is 0 Å². The van der Waals surface area contributed by atoms with Crippen LogP contribution in [0.25, 0.3) is 17.2 Å². The average molecular weight is 407 g/mol. The quantitative estimate of drug-likeness (QED) is 0.346. The van der Waals surface area contributed by atoms with Crippen LogP contribution in [0.5, 0.6) is 0 Å². The topological polar surface area (TPSA) is 26.3 Å². The van der Waals surface area contributed by atoms with Crippen LogP contribution < -0.4 is 4.46 Å². The Balaban J connectivity index is 1.85. The molecule has 26 heavy (non-hydrogen) atoms. The third-order valence-electron chi connectivity index (χ3n) is 3.76. The van der Waals surface area contributed by atoms with Crippen LogP contribution in [-0.4, -0.2) is 27.5 Å². The van der Waals surface area contributed by atoms with Gasteiger partial charge < -0.3 is 0 Å². The van der Waals surface area contributed by atoms with E-state index in [2.05, 4.69) is 24.3 Å². The minimum absolute atomic E-state index is 0.0917. The van der Waals surface area contributed by atoms with Crippen LogP contribution in [-0.2, 0) is 9.53 Å². The average Bonchev–Trinajstić information content (AvgIpc) is 2.70. The first-order valence-corrected chi connectivity index (χ1v) is 10.2. The molecule has 3 aromatic rings. The van der Waals surface area contributed by atoms with Gasteiger partial charge in [0.25, 0.3) is 0 Å². The zero-order valence-electron chi connectivity index (χ0n) is 14.6. The Labute approximate surface area is 160 Å². The van der Waals surface area contributed by atoms with Crippen LogP contribution in [0.4, 0.5) is 0 Å². The summed E-state index contributed by atoms with van der Waals surface area (Å²) < 4.78 is 7.12. The van der Waals surface area contributed by atoms with Gasteiger partial charge in [0.1, 0.15) is 0 Å². The molecule has 0 aliphatic rings. The van der Waals surface area contributed by atoms with E-state index in [-0.39, 0.29) is 20.9 Å². The first-order chi connectivity index (χ1) is 12.8. The zero-order chi connectivity index (χ0) is 18.2. The number of hydrogen-bond acceptors (Lipinski definition) is 2. The fraction of sp³-hybridized carbons (Fsp3) is 0.0870. The molecule has 0 aromatic heterocycles. The normalized spacial score (nSPS) is 11.2. The van der Waals surface area contributed by atoms with Crippen LogP contribution in [0.1, 0.15) is 12.5 Å². The maximum atomic E-state index is 12.4. The van der Waals surface area contributed by atoms with Crippen LogP contribution in [0.2, 0.25) is 0 Å². The molecular weight excluding hydrogens is 387 g/mol. The molecule has 0 saturated heterocycles. The summed E-state index contributed by atoms with van der Waals surface area (Å²) in [5.41, 5.74) is 3.35.